The Bertz CT molecular complexity index is 576. The lowest BCUT2D eigenvalue weighted by molar-refractivity contribution is 0.0904. The van der Waals surface area contributed by atoms with Crippen LogP contribution in [0, 0.1) is 5.92 Å². The first-order valence-electron chi connectivity index (χ1n) is 7.58. The maximum Gasteiger partial charge on any atom is 0.0896 e. The van der Waals surface area contributed by atoms with Crippen molar-refractivity contribution in [2.75, 3.05) is 13.2 Å². The largest absolute Gasteiger partial charge is 0.373 e. The van der Waals surface area contributed by atoms with Gasteiger partial charge in [0, 0.05) is 62.7 Å². The third-order valence-corrected chi connectivity index (χ3v) is 4.01. The highest BCUT2D eigenvalue weighted by Gasteiger charge is 2.30. The summed E-state index contributed by atoms with van der Waals surface area (Å²) in [6.45, 7) is 5.66. The van der Waals surface area contributed by atoms with Crippen molar-refractivity contribution in [1.82, 2.24) is 24.9 Å². The minimum atomic E-state index is 0.171. The number of aryl methyl sites for hydroxylation is 2. The molecule has 0 aromatic carbocycles. The Morgan fingerprint density at radius 2 is 2.24 bits per heavy atom. The number of hydrogen-bond donors (Lipinski definition) is 1. The van der Waals surface area contributed by atoms with Crippen LogP contribution >= 0.6 is 0 Å². The molecule has 0 aliphatic carbocycles. The fourth-order valence-electron chi connectivity index (χ4n) is 2.87. The van der Waals surface area contributed by atoms with Crippen LogP contribution in [-0.4, -0.2) is 32.7 Å². The lowest BCUT2D eigenvalue weighted by Crippen LogP contribution is -2.24. The molecule has 2 unspecified atom stereocenters. The van der Waals surface area contributed by atoms with Gasteiger partial charge in [0.1, 0.15) is 0 Å². The Labute approximate surface area is 125 Å². The second kappa shape index (κ2) is 6.41. The SMILES string of the molecule is CCn1cc(CNCC2CCOC2c2cnn(C)c2)cn1. The van der Waals surface area contributed by atoms with E-state index in [4.69, 9.17) is 4.74 Å². The maximum atomic E-state index is 5.88. The lowest BCUT2D eigenvalue weighted by Gasteiger charge is -2.17. The summed E-state index contributed by atoms with van der Waals surface area (Å²) in [6.07, 6.45) is 9.25. The van der Waals surface area contributed by atoms with Gasteiger partial charge in [-0.2, -0.15) is 10.2 Å². The van der Waals surface area contributed by atoms with Gasteiger partial charge in [-0.3, -0.25) is 9.36 Å². The van der Waals surface area contributed by atoms with Gasteiger partial charge in [0.15, 0.2) is 0 Å². The topological polar surface area (TPSA) is 56.9 Å². The van der Waals surface area contributed by atoms with Crippen molar-refractivity contribution in [2.24, 2.45) is 13.0 Å². The molecule has 3 rings (SSSR count). The Hall–Kier alpha value is -1.66. The Morgan fingerprint density at radius 1 is 1.33 bits per heavy atom. The van der Waals surface area contributed by atoms with Gasteiger partial charge in [0.2, 0.25) is 0 Å². The zero-order chi connectivity index (χ0) is 14.7. The highest BCUT2D eigenvalue weighted by molar-refractivity contribution is 5.11. The Morgan fingerprint density at radius 3 is 2.95 bits per heavy atom. The number of aromatic nitrogens is 4. The Balaban J connectivity index is 1.52. The maximum absolute atomic E-state index is 5.88. The van der Waals surface area contributed by atoms with E-state index in [0.717, 1.165) is 32.7 Å². The first-order chi connectivity index (χ1) is 10.3. The second-order valence-electron chi connectivity index (χ2n) is 5.62. The van der Waals surface area contributed by atoms with Crippen LogP contribution < -0.4 is 5.32 Å². The van der Waals surface area contributed by atoms with Gasteiger partial charge in [-0.15, -0.1) is 0 Å². The van der Waals surface area contributed by atoms with E-state index in [9.17, 15) is 0 Å². The molecule has 0 saturated carbocycles. The van der Waals surface area contributed by atoms with E-state index in [1.807, 2.05) is 35.0 Å². The molecule has 114 valence electrons. The number of nitrogens with zero attached hydrogens (tertiary/aromatic N) is 4. The summed E-state index contributed by atoms with van der Waals surface area (Å²) in [5, 5.41) is 12.1. The molecular formula is C15H23N5O. The van der Waals surface area contributed by atoms with Gasteiger partial charge in [-0.25, -0.2) is 0 Å². The first kappa shape index (κ1) is 14.3. The molecule has 3 heterocycles. The summed E-state index contributed by atoms with van der Waals surface area (Å²) >= 11 is 0. The van der Waals surface area contributed by atoms with E-state index in [-0.39, 0.29) is 6.10 Å². The molecule has 21 heavy (non-hydrogen) atoms. The summed E-state index contributed by atoms with van der Waals surface area (Å²) in [5.41, 5.74) is 2.41. The number of rotatable bonds is 6. The van der Waals surface area contributed by atoms with Crippen molar-refractivity contribution >= 4 is 0 Å². The van der Waals surface area contributed by atoms with Crippen molar-refractivity contribution in [3.8, 4) is 0 Å². The quantitative estimate of drug-likeness (QED) is 0.875. The standard InChI is InChI=1S/C15H23N5O/c1-3-20-10-12(7-18-20)6-16-8-13-4-5-21-15(13)14-9-17-19(2)11-14/h7,9-11,13,15-16H,3-6,8H2,1-2H3. The zero-order valence-corrected chi connectivity index (χ0v) is 12.7. The highest BCUT2D eigenvalue weighted by Crippen LogP contribution is 2.33. The van der Waals surface area contributed by atoms with Crippen molar-refractivity contribution < 1.29 is 4.74 Å². The molecule has 6 heteroatoms. The third-order valence-electron chi connectivity index (χ3n) is 4.01. The van der Waals surface area contributed by atoms with Crippen molar-refractivity contribution in [2.45, 2.75) is 32.5 Å². The number of hydrogen-bond acceptors (Lipinski definition) is 4. The smallest absolute Gasteiger partial charge is 0.0896 e. The summed E-state index contributed by atoms with van der Waals surface area (Å²) in [4.78, 5) is 0. The van der Waals surface area contributed by atoms with E-state index >= 15 is 0 Å². The molecule has 1 saturated heterocycles. The van der Waals surface area contributed by atoms with Crippen LogP contribution in [0.25, 0.3) is 0 Å². The van der Waals surface area contributed by atoms with E-state index < -0.39 is 0 Å². The van der Waals surface area contributed by atoms with Crippen molar-refractivity contribution in [3.63, 3.8) is 0 Å². The van der Waals surface area contributed by atoms with Crippen LogP contribution in [0.3, 0.4) is 0 Å². The van der Waals surface area contributed by atoms with Crippen molar-refractivity contribution in [3.05, 3.63) is 35.9 Å². The normalized spacial score (nSPS) is 22.0. The van der Waals surface area contributed by atoms with Gasteiger partial charge >= 0.3 is 0 Å². The molecule has 6 nitrogen and oxygen atoms in total. The van der Waals surface area contributed by atoms with Gasteiger partial charge in [-0.05, 0) is 13.3 Å². The fourth-order valence-corrected chi connectivity index (χ4v) is 2.87. The molecule has 1 aliphatic rings. The average Bonchev–Trinajstić information content (AvgIpc) is 3.19. The van der Waals surface area contributed by atoms with Crippen LogP contribution in [-0.2, 0) is 24.9 Å². The molecule has 0 bridgehead atoms. The molecule has 2 aromatic rings. The van der Waals surface area contributed by atoms with E-state index in [0.29, 0.717) is 5.92 Å². The van der Waals surface area contributed by atoms with Crippen LogP contribution in [0.1, 0.15) is 30.6 Å². The monoisotopic (exact) mass is 289 g/mol. The number of nitrogens with one attached hydrogen (secondary N) is 1. The highest BCUT2D eigenvalue weighted by atomic mass is 16.5. The summed E-state index contributed by atoms with van der Waals surface area (Å²) < 4.78 is 9.67. The summed E-state index contributed by atoms with van der Waals surface area (Å²) in [6, 6.07) is 0. The fraction of sp³-hybridized carbons (Fsp3) is 0.600. The van der Waals surface area contributed by atoms with Crippen LogP contribution in [0.2, 0.25) is 0 Å². The molecule has 0 radical (unpaired) electrons. The van der Waals surface area contributed by atoms with Gasteiger partial charge < -0.3 is 10.1 Å². The molecule has 2 atom stereocenters. The van der Waals surface area contributed by atoms with E-state index in [1.165, 1.54) is 11.1 Å². The molecule has 0 spiro atoms. The predicted octanol–water partition coefficient (Wildman–Crippen LogP) is 1.50. The first-order valence-corrected chi connectivity index (χ1v) is 7.58. The summed E-state index contributed by atoms with van der Waals surface area (Å²) in [7, 11) is 1.94. The van der Waals surface area contributed by atoms with Crippen LogP contribution in [0.5, 0.6) is 0 Å². The van der Waals surface area contributed by atoms with Gasteiger partial charge in [-0.1, -0.05) is 0 Å². The Kier molecular flexibility index (Phi) is 4.36. The third kappa shape index (κ3) is 3.33. The van der Waals surface area contributed by atoms with Gasteiger partial charge in [0.25, 0.3) is 0 Å². The minimum absolute atomic E-state index is 0.171. The summed E-state index contributed by atoms with van der Waals surface area (Å²) in [5.74, 6) is 0.510. The predicted molar refractivity (Wildman–Crippen MR) is 79.6 cm³/mol. The molecule has 1 N–H and O–H groups in total. The number of ether oxygens (including phenoxy) is 1. The molecule has 0 amide bonds. The van der Waals surface area contributed by atoms with E-state index in [1.54, 1.807) is 0 Å². The van der Waals surface area contributed by atoms with E-state index in [2.05, 4.69) is 28.6 Å². The van der Waals surface area contributed by atoms with Crippen LogP contribution in [0.15, 0.2) is 24.8 Å². The molecule has 1 aliphatic heterocycles. The minimum Gasteiger partial charge on any atom is -0.373 e. The second-order valence-corrected chi connectivity index (χ2v) is 5.62. The van der Waals surface area contributed by atoms with Crippen LogP contribution in [0.4, 0.5) is 0 Å². The molecule has 1 fully saturated rings. The average molecular weight is 289 g/mol. The lowest BCUT2D eigenvalue weighted by atomic mass is 9.97. The van der Waals surface area contributed by atoms with Crippen molar-refractivity contribution in [1.29, 1.82) is 0 Å². The zero-order valence-electron chi connectivity index (χ0n) is 12.7. The van der Waals surface area contributed by atoms with Gasteiger partial charge in [0.05, 0.1) is 18.5 Å². The molecule has 2 aromatic heterocycles. The molecular weight excluding hydrogens is 266 g/mol.